The predicted octanol–water partition coefficient (Wildman–Crippen LogP) is 6.16. The Morgan fingerprint density at radius 3 is 2.30 bits per heavy atom. The van der Waals surface area contributed by atoms with Crippen LogP contribution in [0.15, 0.2) is 48.5 Å². The second kappa shape index (κ2) is 9.80. The van der Waals surface area contributed by atoms with Crippen molar-refractivity contribution in [1.82, 2.24) is 10.2 Å². The van der Waals surface area contributed by atoms with E-state index >= 15 is 0 Å². The van der Waals surface area contributed by atoms with Gasteiger partial charge in [0.05, 0.1) is 12.3 Å². The lowest BCUT2D eigenvalue weighted by Crippen LogP contribution is -2.14. The van der Waals surface area contributed by atoms with E-state index in [0.717, 1.165) is 35.5 Å². The lowest BCUT2D eigenvalue weighted by molar-refractivity contribution is 0.200. The number of aromatic amines is 1. The summed E-state index contributed by atoms with van der Waals surface area (Å²) in [7, 11) is 0. The van der Waals surface area contributed by atoms with Gasteiger partial charge >= 0.3 is 0 Å². The maximum absolute atomic E-state index is 9.51. The number of aromatic nitrogens is 2. The molecule has 2 N–H and O–H groups in total. The van der Waals surface area contributed by atoms with Crippen molar-refractivity contribution in [2.75, 3.05) is 13.2 Å². The van der Waals surface area contributed by atoms with Gasteiger partial charge in [-0.3, -0.25) is 5.10 Å². The molecule has 1 aromatic heterocycles. The fourth-order valence-electron chi connectivity index (χ4n) is 5.24. The molecule has 0 amide bonds. The first-order valence-corrected chi connectivity index (χ1v) is 11.9. The molecule has 4 aromatic rings. The van der Waals surface area contributed by atoms with Crippen LogP contribution in [0.25, 0.3) is 10.8 Å². The average molecular weight is 443 g/mol. The summed E-state index contributed by atoms with van der Waals surface area (Å²) in [5.41, 5.74) is 9.75. The van der Waals surface area contributed by atoms with Crippen LogP contribution in [0.5, 0.6) is 5.75 Å². The minimum absolute atomic E-state index is 0.0222. The van der Waals surface area contributed by atoms with Crippen LogP contribution in [-0.4, -0.2) is 28.5 Å². The predicted molar refractivity (Wildman–Crippen MR) is 135 cm³/mol. The molecular formula is C29H34N2O2. The fraction of sp³-hybridized carbons (Fsp3) is 0.345. The Bertz CT molecular complexity index is 1230. The summed E-state index contributed by atoms with van der Waals surface area (Å²) in [6.45, 7) is 11.1. The summed E-state index contributed by atoms with van der Waals surface area (Å²) in [5, 5.41) is 19.9. The van der Waals surface area contributed by atoms with Crippen molar-refractivity contribution in [3.63, 3.8) is 0 Å². The summed E-state index contributed by atoms with van der Waals surface area (Å²) >= 11 is 0. The van der Waals surface area contributed by atoms with Crippen molar-refractivity contribution in [1.29, 1.82) is 0 Å². The number of hydrogen-bond donors (Lipinski definition) is 2. The first-order valence-electron chi connectivity index (χ1n) is 11.9. The molecule has 0 saturated heterocycles. The van der Waals surface area contributed by atoms with E-state index in [1.807, 2.05) is 0 Å². The maximum atomic E-state index is 9.51. The van der Waals surface area contributed by atoms with Crippen molar-refractivity contribution in [3.05, 3.63) is 93.3 Å². The smallest absolute Gasteiger partial charge is 0.124 e. The molecule has 0 bridgehead atoms. The number of aryl methyl sites for hydroxylation is 5. The molecule has 0 aliphatic heterocycles. The number of H-pyrrole nitrogens is 1. The molecule has 4 nitrogen and oxygen atoms in total. The van der Waals surface area contributed by atoms with Gasteiger partial charge in [0.2, 0.25) is 0 Å². The Morgan fingerprint density at radius 1 is 0.909 bits per heavy atom. The minimum Gasteiger partial charge on any atom is -0.491 e. The van der Waals surface area contributed by atoms with Crippen molar-refractivity contribution in [2.24, 2.45) is 0 Å². The van der Waals surface area contributed by atoms with Gasteiger partial charge in [-0.05, 0) is 67.1 Å². The van der Waals surface area contributed by atoms with Crippen LogP contribution >= 0.6 is 0 Å². The van der Waals surface area contributed by atoms with E-state index in [4.69, 9.17) is 9.84 Å². The molecule has 0 fully saturated rings. The van der Waals surface area contributed by atoms with Crippen LogP contribution in [0.3, 0.4) is 0 Å². The number of hydrogen-bond acceptors (Lipinski definition) is 3. The molecular weight excluding hydrogens is 408 g/mol. The van der Waals surface area contributed by atoms with Gasteiger partial charge < -0.3 is 9.84 Å². The second-order valence-electron chi connectivity index (χ2n) is 8.79. The molecule has 3 aromatic carbocycles. The molecule has 0 aliphatic carbocycles. The van der Waals surface area contributed by atoms with Crippen molar-refractivity contribution in [2.45, 2.75) is 53.4 Å². The largest absolute Gasteiger partial charge is 0.491 e. The molecule has 4 heteroatoms. The van der Waals surface area contributed by atoms with Crippen LogP contribution in [0.1, 0.15) is 64.5 Å². The van der Waals surface area contributed by atoms with Crippen molar-refractivity contribution in [3.8, 4) is 5.75 Å². The second-order valence-corrected chi connectivity index (χ2v) is 8.79. The zero-order valence-electron chi connectivity index (χ0n) is 20.3. The standard InChI is InChI=1S/C29H34N2O2/c1-6-23-28(24(7-2)31-30-23)29(26-19(4)16-18(3)17-20(26)5)27-22-11-9-8-10-21(22)12-13-25(27)33-15-14-32/h8-13,16-17,29,32H,6-7,14-15H2,1-5H3,(H,30,31). The summed E-state index contributed by atoms with van der Waals surface area (Å²) in [5.74, 6) is 0.784. The molecule has 1 heterocycles. The van der Waals surface area contributed by atoms with Gasteiger partial charge in [0.1, 0.15) is 12.4 Å². The van der Waals surface area contributed by atoms with Gasteiger partial charge in [-0.15, -0.1) is 0 Å². The maximum Gasteiger partial charge on any atom is 0.124 e. The van der Waals surface area contributed by atoms with Gasteiger partial charge in [-0.25, -0.2) is 0 Å². The zero-order valence-corrected chi connectivity index (χ0v) is 20.3. The molecule has 1 unspecified atom stereocenters. The Morgan fingerprint density at radius 2 is 1.64 bits per heavy atom. The Hall–Kier alpha value is -3.11. The summed E-state index contributed by atoms with van der Waals surface area (Å²) in [4.78, 5) is 0. The van der Waals surface area contributed by atoms with Crippen LogP contribution < -0.4 is 4.74 Å². The van der Waals surface area contributed by atoms with Crippen LogP contribution in [-0.2, 0) is 12.8 Å². The number of ether oxygens (including phenoxy) is 1. The first kappa shape index (κ1) is 23.1. The van der Waals surface area contributed by atoms with E-state index in [0.29, 0.717) is 0 Å². The average Bonchev–Trinajstić information content (AvgIpc) is 3.22. The summed E-state index contributed by atoms with van der Waals surface area (Å²) < 4.78 is 6.16. The Balaban J connectivity index is 2.14. The number of aliphatic hydroxyl groups excluding tert-OH is 1. The summed E-state index contributed by atoms with van der Waals surface area (Å²) in [6, 6.07) is 17.2. The van der Waals surface area contributed by atoms with Crippen LogP contribution in [0.4, 0.5) is 0 Å². The highest BCUT2D eigenvalue weighted by Gasteiger charge is 2.31. The van der Waals surface area contributed by atoms with Crippen molar-refractivity contribution >= 4 is 10.8 Å². The number of benzene rings is 3. The molecule has 0 spiro atoms. The number of nitrogens with one attached hydrogen (secondary N) is 1. The molecule has 1 atom stereocenters. The highest BCUT2D eigenvalue weighted by Crippen LogP contribution is 2.45. The first-order chi connectivity index (χ1) is 16.0. The van der Waals surface area contributed by atoms with E-state index < -0.39 is 0 Å². The van der Waals surface area contributed by atoms with E-state index in [2.05, 4.69) is 88.2 Å². The number of fused-ring (bicyclic) bond motifs is 1. The highest BCUT2D eigenvalue weighted by atomic mass is 16.5. The number of rotatable bonds is 8. The van der Waals surface area contributed by atoms with Gasteiger partial charge in [0.25, 0.3) is 0 Å². The normalized spacial score (nSPS) is 12.3. The van der Waals surface area contributed by atoms with E-state index in [9.17, 15) is 5.11 Å². The van der Waals surface area contributed by atoms with Gasteiger partial charge in [-0.2, -0.15) is 5.10 Å². The van der Waals surface area contributed by atoms with E-state index in [-0.39, 0.29) is 19.1 Å². The van der Waals surface area contributed by atoms with Gasteiger partial charge in [0, 0.05) is 22.7 Å². The zero-order chi connectivity index (χ0) is 23.5. The monoisotopic (exact) mass is 442 g/mol. The fourth-order valence-corrected chi connectivity index (χ4v) is 5.24. The summed E-state index contributed by atoms with van der Waals surface area (Å²) in [6.07, 6.45) is 1.73. The van der Waals surface area contributed by atoms with Crippen LogP contribution in [0, 0.1) is 20.8 Å². The van der Waals surface area contributed by atoms with Gasteiger partial charge in [-0.1, -0.05) is 61.9 Å². The molecule has 172 valence electrons. The van der Waals surface area contributed by atoms with Gasteiger partial charge in [0.15, 0.2) is 0 Å². The SMILES string of the molecule is CCc1n[nH]c(CC)c1C(c1c(C)cc(C)cc1C)c1c(OCCO)ccc2ccccc12. The molecule has 33 heavy (non-hydrogen) atoms. The Labute approximate surface area is 196 Å². The topological polar surface area (TPSA) is 58.1 Å². The number of nitrogens with zero attached hydrogens (tertiary/aromatic N) is 1. The molecule has 4 rings (SSSR count). The van der Waals surface area contributed by atoms with E-state index in [1.54, 1.807) is 0 Å². The quantitative estimate of drug-likeness (QED) is 0.343. The van der Waals surface area contributed by atoms with E-state index in [1.165, 1.54) is 38.6 Å². The Kier molecular flexibility index (Phi) is 6.85. The lowest BCUT2D eigenvalue weighted by Gasteiger charge is -2.27. The lowest BCUT2D eigenvalue weighted by atomic mass is 9.77. The molecule has 0 radical (unpaired) electrons. The van der Waals surface area contributed by atoms with Crippen molar-refractivity contribution < 1.29 is 9.84 Å². The van der Waals surface area contributed by atoms with Crippen LogP contribution in [0.2, 0.25) is 0 Å². The molecule has 0 saturated carbocycles. The minimum atomic E-state index is -0.0333. The third-order valence-corrected chi connectivity index (χ3v) is 6.53. The number of aliphatic hydroxyl groups is 1. The third kappa shape index (κ3) is 4.28. The third-order valence-electron chi connectivity index (χ3n) is 6.53. The highest BCUT2D eigenvalue weighted by molar-refractivity contribution is 5.89. The molecule has 0 aliphatic rings.